The van der Waals surface area contributed by atoms with E-state index in [0.29, 0.717) is 35.0 Å². The minimum absolute atomic E-state index is 0.0605. The molecule has 152 valence electrons. The van der Waals surface area contributed by atoms with Crippen LogP contribution in [0.15, 0.2) is 30.2 Å². The molecule has 0 radical (unpaired) electrons. The van der Waals surface area contributed by atoms with Crippen LogP contribution in [-0.4, -0.2) is 62.6 Å². The number of carbonyl (C=O) groups is 1. The Kier molecular flexibility index (Phi) is 5.94. The van der Waals surface area contributed by atoms with E-state index >= 15 is 0 Å². The lowest BCUT2D eigenvalue weighted by Crippen LogP contribution is -2.38. The van der Waals surface area contributed by atoms with E-state index in [4.69, 9.17) is 9.47 Å². The number of alkyl halides is 3. The van der Waals surface area contributed by atoms with Gasteiger partial charge in [-0.1, -0.05) is 11.3 Å². The van der Waals surface area contributed by atoms with Crippen molar-refractivity contribution in [2.24, 2.45) is 0 Å². The Morgan fingerprint density at radius 1 is 1.29 bits per heavy atom. The van der Waals surface area contributed by atoms with E-state index in [-0.39, 0.29) is 18.1 Å². The molecule has 1 amide bonds. The van der Waals surface area contributed by atoms with Crippen LogP contribution >= 0.6 is 11.3 Å². The highest BCUT2D eigenvalue weighted by molar-refractivity contribution is 7.22. The smallest absolute Gasteiger partial charge is 0.494 e. The summed E-state index contributed by atoms with van der Waals surface area (Å²) in [6, 6.07) is 3.86. The SMILES string of the molecule is CN(C)CCN(C(=O)C1=COCCO1)c1nc2ccc(OC(F)(F)F)cc2s1. The Balaban J connectivity index is 1.91. The normalized spacial score (nSPS) is 14.4. The zero-order chi connectivity index (χ0) is 20.3. The molecule has 0 aliphatic carbocycles. The molecule has 2 aromatic rings. The summed E-state index contributed by atoms with van der Waals surface area (Å²) in [4.78, 5) is 20.6. The number of benzene rings is 1. The molecule has 28 heavy (non-hydrogen) atoms. The summed E-state index contributed by atoms with van der Waals surface area (Å²) in [5.74, 6) is -0.703. The fraction of sp³-hybridized carbons (Fsp3) is 0.412. The molecular weight excluding hydrogens is 399 g/mol. The number of likely N-dealkylation sites (N-methyl/N-ethyl adjacent to an activating group) is 1. The van der Waals surface area contributed by atoms with Gasteiger partial charge < -0.3 is 19.1 Å². The third-order valence-electron chi connectivity index (χ3n) is 3.69. The van der Waals surface area contributed by atoms with Gasteiger partial charge in [0.15, 0.2) is 5.13 Å². The molecule has 1 aliphatic heterocycles. The lowest BCUT2D eigenvalue weighted by molar-refractivity contribution is -0.274. The van der Waals surface area contributed by atoms with Gasteiger partial charge >= 0.3 is 6.36 Å². The molecule has 1 aromatic heterocycles. The second-order valence-corrected chi connectivity index (χ2v) is 7.14. The number of hydrogen-bond donors (Lipinski definition) is 0. The molecular formula is C17H18F3N3O4S. The number of nitrogens with zero attached hydrogens (tertiary/aromatic N) is 3. The lowest BCUT2D eigenvalue weighted by Gasteiger charge is -2.24. The highest BCUT2D eigenvalue weighted by Crippen LogP contribution is 2.33. The monoisotopic (exact) mass is 417 g/mol. The molecule has 0 saturated heterocycles. The molecule has 3 rings (SSSR count). The van der Waals surface area contributed by atoms with Crippen molar-refractivity contribution in [1.82, 2.24) is 9.88 Å². The van der Waals surface area contributed by atoms with Crippen molar-refractivity contribution in [3.8, 4) is 5.75 Å². The predicted octanol–water partition coefficient (Wildman–Crippen LogP) is 2.98. The maximum atomic E-state index is 12.9. The largest absolute Gasteiger partial charge is 0.573 e. The first-order valence-electron chi connectivity index (χ1n) is 8.30. The van der Waals surface area contributed by atoms with Gasteiger partial charge in [-0.2, -0.15) is 0 Å². The number of anilines is 1. The number of halogens is 3. The maximum Gasteiger partial charge on any atom is 0.573 e. The van der Waals surface area contributed by atoms with E-state index in [0.717, 1.165) is 11.3 Å². The Labute approximate surface area is 162 Å². The summed E-state index contributed by atoms with van der Waals surface area (Å²) >= 11 is 1.09. The Bertz CT molecular complexity index is 882. The highest BCUT2D eigenvalue weighted by atomic mass is 32.1. The van der Waals surface area contributed by atoms with E-state index in [1.54, 1.807) is 0 Å². The van der Waals surface area contributed by atoms with Crippen LogP contribution < -0.4 is 9.64 Å². The minimum Gasteiger partial charge on any atom is -0.494 e. The molecule has 0 N–H and O–H groups in total. The van der Waals surface area contributed by atoms with Crippen molar-refractivity contribution >= 4 is 32.6 Å². The minimum atomic E-state index is -4.78. The molecule has 7 nitrogen and oxygen atoms in total. The Morgan fingerprint density at radius 2 is 2.07 bits per heavy atom. The van der Waals surface area contributed by atoms with Gasteiger partial charge in [0.05, 0.1) is 10.2 Å². The maximum absolute atomic E-state index is 12.9. The summed E-state index contributed by atoms with van der Waals surface area (Å²) in [5.41, 5.74) is 0.465. The fourth-order valence-corrected chi connectivity index (χ4v) is 3.42. The van der Waals surface area contributed by atoms with Gasteiger partial charge in [-0.15, -0.1) is 13.2 Å². The second kappa shape index (κ2) is 8.23. The quantitative estimate of drug-likeness (QED) is 0.720. The number of rotatable bonds is 6. The average Bonchev–Trinajstić information content (AvgIpc) is 3.03. The van der Waals surface area contributed by atoms with Crippen LogP contribution in [0, 0.1) is 0 Å². The zero-order valence-electron chi connectivity index (χ0n) is 15.2. The first-order chi connectivity index (χ1) is 13.2. The van der Waals surface area contributed by atoms with Crippen molar-refractivity contribution in [2.75, 3.05) is 45.3 Å². The molecule has 0 spiro atoms. The summed E-state index contributed by atoms with van der Waals surface area (Å²) in [5, 5.41) is 0.348. The van der Waals surface area contributed by atoms with Crippen molar-refractivity contribution in [2.45, 2.75) is 6.36 Å². The molecule has 0 unspecified atom stereocenters. The van der Waals surface area contributed by atoms with Crippen LogP contribution in [0.25, 0.3) is 10.2 Å². The second-order valence-electron chi connectivity index (χ2n) is 6.14. The van der Waals surface area contributed by atoms with Gasteiger partial charge in [-0.25, -0.2) is 4.98 Å². The zero-order valence-corrected chi connectivity index (χ0v) is 16.0. The summed E-state index contributed by atoms with van der Waals surface area (Å²) in [6.07, 6.45) is -3.52. The van der Waals surface area contributed by atoms with Crippen LogP contribution in [0.2, 0.25) is 0 Å². The van der Waals surface area contributed by atoms with Crippen LogP contribution in [-0.2, 0) is 14.3 Å². The van der Waals surface area contributed by atoms with Crippen molar-refractivity contribution < 1.29 is 32.2 Å². The number of ether oxygens (including phenoxy) is 3. The topological polar surface area (TPSA) is 64.1 Å². The van der Waals surface area contributed by atoms with Gasteiger partial charge in [0.25, 0.3) is 5.91 Å². The molecule has 0 fully saturated rings. The number of fused-ring (bicyclic) bond motifs is 1. The van der Waals surface area contributed by atoms with E-state index in [1.807, 2.05) is 19.0 Å². The third kappa shape index (κ3) is 5.04. The van der Waals surface area contributed by atoms with Gasteiger partial charge in [0, 0.05) is 19.2 Å². The lowest BCUT2D eigenvalue weighted by atomic mass is 10.3. The molecule has 11 heteroatoms. The van der Waals surface area contributed by atoms with Crippen LogP contribution in [0.5, 0.6) is 5.75 Å². The number of amides is 1. The molecule has 2 heterocycles. The van der Waals surface area contributed by atoms with Crippen molar-refractivity contribution in [1.29, 1.82) is 0 Å². The van der Waals surface area contributed by atoms with Gasteiger partial charge in [0.2, 0.25) is 5.76 Å². The number of thiazole rings is 1. The van der Waals surface area contributed by atoms with Crippen molar-refractivity contribution in [3.63, 3.8) is 0 Å². The molecule has 1 aliphatic rings. The Hall–Kier alpha value is -2.53. The summed E-state index contributed by atoms with van der Waals surface area (Å²) in [7, 11) is 3.72. The predicted molar refractivity (Wildman–Crippen MR) is 97.2 cm³/mol. The third-order valence-corrected chi connectivity index (χ3v) is 4.73. The molecule has 0 atom stereocenters. The van der Waals surface area contributed by atoms with Crippen LogP contribution in [0.3, 0.4) is 0 Å². The van der Waals surface area contributed by atoms with E-state index in [2.05, 4.69) is 9.72 Å². The van der Waals surface area contributed by atoms with E-state index < -0.39 is 12.3 Å². The number of hydrogen-bond acceptors (Lipinski definition) is 7. The van der Waals surface area contributed by atoms with Gasteiger partial charge in [-0.3, -0.25) is 9.69 Å². The number of aromatic nitrogens is 1. The summed E-state index contributed by atoms with van der Waals surface area (Å²) < 4.78 is 52.2. The van der Waals surface area contributed by atoms with Crippen LogP contribution in [0.4, 0.5) is 18.3 Å². The Morgan fingerprint density at radius 3 is 2.71 bits per heavy atom. The van der Waals surface area contributed by atoms with Crippen LogP contribution in [0.1, 0.15) is 0 Å². The molecule has 0 bridgehead atoms. The van der Waals surface area contributed by atoms with Gasteiger partial charge in [-0.05, 0) is 26.2 Å². The van der Waals surface area contributed by atoms with Gasteiger partial charge in [0.1, 0.15) is 25.2 Å². The first-order valence-corrected chi connectivity index (χ1v) is 9.12. The molecule has 0 saturated carbocycles. The average molecular weight is 417 g/mol. The highest BCUT2D eigenvalue weighted by Gasteiger charge is 2.31. The first kappa shape index (κ1) is 20.2. The standard InChI is InChI=1S/C17H18F3N3O4S/c1-22(2)5-6-23(15(24)13-10-25-7-8-26-13)16-21-12-4-3-11(9-14(12)28-16)27-17(18,19)20/h3-4,9-10H,5-8H2,1-2H3. The number of carbonyl (C=O) groups excluding carboxylic acids is 1. The molecule has 1 aromatic carbocycles. The van der Waals surface area contributed by atoms with E-state index in [9.17, 15) is 18.0 Å². The van der Waals surface area contributed by atoms with E-state index in [1.165, 1.54) is 29.4 Å². The fourth-order valence-electron chi connectivity index (χ4n) is 2.40. The summed E-state index contributed by atoms with van der Waals surface area (Å²) in [6.45, 7) is 1.49. The van der Waals surface area contributed by atoms with Crippen molar-refractivity contribution in [3.05, 3.63) is 30.2 Å².